The van der Waals surface area contributed by atoms with Gasteiger partial charge in [-0.1, -0.05) is 6.07 Å². The summed E-state index contributed by atoms with van der Waals surface area (Å²) < 4.78 is 5.10. The number of phenols is 1. The molecule has 0 bridgehead atoms. The second kappa shape index (κ2) is 3.76. The van der Waals surface area contributed by atoms with Crippen LogP contribution in [-0.2, 0) is 4.74 Å². The first kappa shape index (κ1) is 10.6. The molecule has 6 heteroatoms. The van der Waals surface area contributed by atoms with Crippen LogP contribution in [0, 0.1) is 0 Å². The summed E-state index contributed by atoms with van der Waals surface area (Å²) in [5.74, 6) is -0.0104. The van der Waals surface area contributed by atoms with E-state index in [4.69, 9.17) is 4.74 Å². The van der Waals surface area contributed by atoms with Gasteiger partial charge in [0.25, 0.3) is 0 Å². The molecule has 2 aromatic rings. The number of pyridine rings is 1. The monoisotopic (exact) mass is 246 g/mol. The van der Waals surface area contributed by atoms with Crippen molar-refractivity contribution >= 4 is 17.0 Å². The average molecular weight is 246 g/mol. The molecule has 1 aromatic heterocycles. The Morgan fingerprint density at radius 3 is 2.78 bits per heavy atom. The van der Waals surface area contributed by atoms with E-state index in [-0.39, 0.29) is 11.3 Å². The van der Waals surface area contributed by atoms with Crippen LogP contribution in [0.3, 0.4) is 0 Å². The van der Waals surface area contributed by atoms with E-state index in [0.29, 0.717) is 17.4 Å². The number of H-pyrrole nitrogens is 1. The molecule has 1 unspecified atom stereocenters. The van der Waals surface area contributed by atoms with E-state index in [1.165, 1.54) is 12.1 Å². The van der Waals surface area contributed by atoms with Crippen molar-refractivity contribution in [3.63, 3.8) is 0 Å². The molecular weight excluding hydrogens is 236 g/mol. The van der Waals surface area contributed by atoms with Crippen LogP contribution in [0.1, 0.15) is 11.7 Å². The third kappa shape index (κ3) is 1.58. The minimum absolute atomic E-state index is 0.0104. The highest BCUT2D eigenvalue weighted by Gasteiger charge is 2.26. The van der Waals surface area contributed by atoms with Gasteiger partial charge in [-0.2, -0.15) is 0 Å². The van der Waals surface area contributed by atoms with E-state index in [1.807, 2.05) is 0 Å². The summed E-state index contributed by atoms with van der Waals surface area (Å²) in [6.45, 7) is 0.373. The molecule has 3 N–H and O–H groups in total. The number of aromatic nitrogens is 1. The van der Waals surface area contributed by atoms with E-state index < -0.39 is 12.2 Å². The fraction of sp³-hybridized carbons (Fsp3) is 0.167. The Labute approximate surface area is 101 Å². The van der Waals surface area contributed by atoms with E-state index in [0.717, 1.165) is 5.56 Å². The summed E-state index contributed by atoms with van der Waals surface area (Å²) in [5, 5.41) is 12.9. The van der Waals surface area contributed by atoms with Crippen LogP contribution in [-0.4, -0.2) is 22.7 Å². The second-order valence-electron chi connectivity index (χ2n) is 4.06. The molecule has 1 aliphatic heterocycles. The van der Waals surface area contributed by atoms with Crippen LogP contribution in [0.5, 0.6) is 5.75 Å². The fourth-order valence-corrected chi connectivity index (χ4v) is 2.10. The summed E-state index contributed by atoms with van der Waals surface area (Å²) in [5.41, 5.74) is 0.803. The second-order valence-corrected chi connectivity index (χ2v) is 4.06. The Hall–Kier alpha value is -2.50. The molecule has 0 aliphatic carbocycles. The van der Waals surface area contributed by atoms with Crippen LogP contribution in [0.25, 0.3) is 10.9 Å². The number of amides is 1. The topological polar surface area (TPSA) is 91.4 Å². The number of ether oxygens (including phenoxy) is 1. The number of aromatic hydroxyl groups is 1. The lowest BCUT2D eigenvalue weighted by Crippen LogP contribution is -2.12. The molecule has 1 aromatic carbocycles. The van der Waals surface area contributed by atoms with Gasteiger partial charge in [-0.15, -0.1) is 0 Å². The molecule has 1 saturated heterocycles. The maximum Gasteiger partial charge on any atom is 0.407 e. The van der Waals surface area contributed by atoms with Crippen molar-refractivity contribution in [2.45, 2.75) is 6.10 Å². The van der Waals surface area contributed by atoms with Crippen molar-refractivity contribution in [3.05, 3.63) is 40.2 Å². The first-order chi connectivity index (χ1) is 8.65. The van der Waals surface area contributed by atoms with Gasteiger partial charge >= 0.3 is 6.09 Å². The van der Waals surface area contributed by atoms with Crippen molar-refractivity contribution in [1.82, 2.24) is 10.3 Å². The number of carbonyl (C=O) groups excluding carboxylic acids is 1. The van der Waals surface area contributed by atoms with Gasteiger partial charge in [-0.25, -0.2) is 4.79 Å². The van der Waals surface area contributed by atoms with Gasteiger partial charge in [-0.3, -0.25) is 4.79 Å². The van der Waals surface area contributed by atoms with Crippen molar-refractivity contribution in [2.75, 3.05) is 6.54 Å². The van der Waals surface area contributed by atoms with Crippen molar-refractivity contribution < 1.29 is 14.6 Å². The zero-order valence-electron chi connectivity index (χ0n) is 9.27. The maximum absolute atomic E-state index is 11.3. The molecule has 1 amide bonds. The largest absolute Gasteiger partial charge is 0.506 e. The van der Waals surface area contributed by atoms with Gasteiger partial charge in [0.15, 0.2) is 0 Å². The minimum atomic E-state index is -0.467. The SMILES string of the molecule is O=C1NCC(c2ccc(O)c3[nH]c(=O)ccc23)O1. The molecule has 1 fully saturated rings. The van der Waals surface area contributed by atoms with Crippen LogP contribution < -0.4 is 10.9 Å². The lowest BCUT2D eigenvalue weighted by molar-refractivity contribution is 0.141. The number of fused-ring (bicyclic) bond motifs is 1. The summed E-state index contributed by atoms with van der Waals surface area (Å²) in [4.78, 5) is 24.9. The normalized spacial score (nSPS) is 18.7. The fourth-order valence-electron chi connectivity index (χ4n) is 2.10. The average Bonchev–Trinajstić information content (AvgIpc) is 2.77. The molecule has 1 aliphatic rings. The van der Waals surface area contributed by atoms with Crippen molar-refractivity contribution in [1.29, 1.82) is 0 Å². The highest BCUT2D eigenvalue weighted by Crippen LogP contribution is 2.31. The summed E-state index contributed by atoms with van der Waals surface area (Å²) >= 11 is 0. The Morgan fingerprint density at radius 1 is 1.22 bits per heavy atom. The Balaban J connectivity index is 2.21. The first-order valence-corrected chi connectivity index (χ1v) is 5.44. The predicted octanol–water partition coefficient (Wildman–Crippen LogP) is 1.01. The zero-order valence-corrected chi connectivity index (χ0v) is 9.27. The van der Waals surface area contributed by atoms with E-state index in [1.54, 1.807) is 12.1 Å². The number of nitrogens with one attached hydrogen (secondary N) is 2. The van der Waals surface area contributed by atoms with Gasteiger partial charge in [-0.05, 0) is 12.1 Å². The van der Waals surface area contributed by atoms with Gasteiger partial charge in [0, 0.05) is 17.0 Å². The van der Waals surface area contributed by atoms with Gasteiger partial charge < -0.3 is 20.1 Å². The molecule has 1 atom stereocenters. The molecule has 92 valence electrons. The molecule has 6 nitrogen and oxygen atoms in total. The number of carbonyl (C=O) groups is 1. The van der Waals surface area contributed by atoms with E-state index in [9.17, 15) is 14.7 Å². The number of benzene rings is 1. The predicted molar refractivity (Wildman–Crippen MR) is 63.5 cm³/mol. The Kier molecular flexibility index (Phi) is 2.22. The van der Waals surface area contributed by atoms with Crippen molar-refractivity contribution in [3.8, 4) is 5.75 Å². The molecule has 3 rings (SSSR count). The van der Waals surface area contributed by atoms with Gasteiger partial charge in [0.05, 0.1) is 12.1 Å². The number of cyclic esters (lactones) is 1. The molecule has 0 saturated carbocycles. The Bertz CT molecular complexity index is 692. The first-order valence-electron chi connectivity index (χ1n) is 5.44. The quantitative estimate of drug-likeness (QED) is 0.700. The zero-order chi connectivity index (χ0) is 12.7. The summed E-state index contributed by atoms with van der Waals surface area (Å²) in [6.07, 6.45) is -0.878. The lowest BCUT2D eigenvalue weighted by Gasteiger charge is -2.12. The number of phenolic OH excluding ortho intramolecular Hbond substituents is 1. The number of alkyl carbamates (subject to hydrolysis) is 1. The number of hydrogen-bond donors (Lipinski definition) is 3. The number of hydrogen-bond acceptors (Lipinski definition) is 4. The van der Waals surface area contributed by atoms with Crippen LogP contribution in [0.15, 0.2) is 29.1 Å². The molecule has 0 radical (unpaired) electrons. The Morgan fingerprint density at radius 2 is 2.06 bits per heavy atom. The smallest absolute Gasteiger partial charge is 0.407 e. The van der Waals surface area contributed by atoms with Gasteiger partial charge in [0.1, 0.15) is 11.9 Å². The van der Waals surface area contributed by atoms with Crippen LogP contribution in [0.4, 0.5) is 4.79 Å². The van der Waals surface area contributed by atoms with Crippen LogP contribution in [0.2, 0.25) is 0 Å². The molecule has 0 spiro atoms. The summed E-state index contributed by atoms with van der Waals surface area (Å²) in [6, 6.07) is 6.13. The highest BCUT2D eigenvalue weighted by atomic mass is 16.6. The van der Waals surface area contributed by atoms with Gasteiger partial charge in [0.2, 0.25) is 5.56 Å². The summed E-state index contributed by atoms with van der Waals surface area (Å²) in [7, 11) is 0. The maximum atomic E-state index is 11.3. The highest BCUT2D eigenvalue weighted by molar-refractivity contribution is 5.88. The van der Waals surface area contributed by atoms with E-state index in [2.05, 4.69) is 10.3 Å². The third-order valence-corrected chi connectivity index (χ3v) is 2.93. The van der Waals surface area contributed by atoms with Crippen molar-refractivity contribution in [2.24, 2.45) is 0 Å². The molecular formula is C12H10N2O4. The number of rotatable bonds is 1. The molecule has 2 heterocycles. The minimum Gasteiger partial charge on any atom is -0.506 e. The third-order valence-electron chi connectivity index (χ3n) is 2.93. The van der Waals surface area contributed by atoms with E-state index >= 15 is 0 Å². The number of aromatic amines is 1. The van der Waals surface area contributed by atoms with Crippen LogP contribution >= 0.6 is 0 Å². The standard InChI is InChI=1S/C12H10N2O4/c15-8-3-1-6(9-5-13-12(17)18-9)7-2-4-10(16)14-11(7)8/h1-4,9,15H,5H2,(H,13,17)(H,14,16). The molecule has 18 heavy (non-hydrogen) atoms. The lowest BCUT2D eigenvalue weighted by atomic mass is 10.0.